The summed E-state index contributed by atoms with van der Waals surface area (Å²) in [6.07, 6.45) is 3.46. The number of carbonyl (C=O) groups excluding carboxylic acids is 1. The molecular weight excluding hydrogens is 429 g/mol. The maximum Gasteiger partial charge on any atom is 0.265 e. The zero-order valence-corrected chi connectivity index (χ0v) is 19.4. The van der Waals surface area contributed by atoms with Gasteiger partial charge in [-0.25, -0.2) is 4.98 Å². The van der Waals surface area contributed by atoms with E-state index in [-0.39, 0.29) is 30.7 Å². The number of halogens is 2. The van der Waals surface area contributed by atoms with E-state index >= 15 is 0 Å². The molecule has 2 aliphatic rings. The van der Waals surface area contributed by atoms with Crippen LogP contribution in [-0.2, 0) is 0 Å². The Morgan fingerprint density at radius 3 is 2.48 bits per heavy atom. The Kier molecular flexibility index (Phi) is 8.35. The molecule has 0 radical (unpaired) electrons. The molecule has 0 unspecified atom stereocenters. The van der Waals surface area contributed by atoms with E-state index in [1.54, 1.807) is 0 Å². The fourth-order valence-electron chi connectivity index (χ4n) is 4.13. The number of carbonyl (C=O) groups is 1. The zero-order chi connectivity index (χ0) is 18.9. The fraction of sp³-hybridized carbons (Fsp3) is 0.524. The molecule has 1 N–H and O–H groups in total. The zero-order valence-electron chi connectivity index (χ0n) is 16.9. The van der Waals surface area contributed by atoms with E-state index in [0.717, 1.165) is 65.9 Å². The van der Waals surface area contributed by atoms with E-state index in [9.17, 15) is 4.79 Å². The van der Waals surface area contributed by atoms with Crippen molar-refractivity contribution in [3.8, 4) is 16.3 Å². The average Bonchev–Trinajstić information content (AvgIpc) is 3.30. The minimum Gasteiger partial charge on any atom is -0.494 e. The van der Waals surface area contributed by atoms with Crippen LogP contribution in [-0.4, -0.2) is 48.6 Å². The van der Waals surface area contributed by atoms with Gasteiger partial charge >= 0.3 is 0 Å². The molecule has 2 aromatic rings. The summed E-state index contributed by atoms with van der Waals surface area (Å²) in [5, 5.41) is 4.38. The fourth-order valence-corrected chi connectivity index (χ4v) is 5.17. The number of nitrogens with one attached hydrogen (secondary N) is 1. The molecule has 29 heavy (non-hydrogen) atoms. The second-order valence-electron chi connectivity index (χ2n) is 7.61. The van der Waals surface area contributed by atoms with Gasteiger partial charge in [0.2, 0.25) is 0 Å². The molecule has 2 saturated heterocycles. The van der Waals surface area contributed by atoms with Gasteiger partial charge in [0.25, 0.3) is 5.91 Å². The van der Waals surface area contributed by atoms with Crippen LogP contribution in [0.2, 0.25) is 0 Å². The van der Waals surface area contributed by atoms with Crippen molar-refractivity contribution in [2.45, 2.75) is 33.1 Å². The Labute approximate surface area is 189 Å². The SMILES string of the molecule is CCOc1ccc(-c2nc(C)c(C(=O)N3CCC4(CCNC4)CC3)s2)cc1.Cl.Cl. The van der Waals surface area contributed by atoms with Gasteiger partial charge in [-0.05, 0) is 69.3 Å². The Morgan fingerprint density at radius 2 is 1.90 bits per heavy atom. The number of likely N-dealkylation sites (tertiary alicyclic amines) is 1. The number of hydrogen-bond acceptors (Lipinski definition) is 5. The van der Waals surface area contributed by atoms with Crippen LogP contribution in [0.15, 0.2) is 24.3 Å². The Balaban J connectivity index is 0.00000150. The Bertz CT molecular complexity index is 810. The number of benzene rings is 1. The van der Waals surface area contributed by atoms with Crippen LogP contribution in [0.5, 0.6) is 5.75 Å². The first-order valence-electron chi connectivity index (χ1n) is 9.81. The lowest BCUT2D eigenvalue weighted by atomic mass is 9.78. The van der Waals surface area contributed by atoms with Gasteiger partial charge in [-0.2, -0.15) is 0 Å². The van der Waals surface area contributed by atoms with E-state index < -0.39 is 0 Å². The number of thiazole rings is 1. The minimum atomic E-state index is 0. The topological polar surface area (TPSA) is 54.5 Å². The summed E-state index contributed by atoms with van der Waals surface area (Å²) in [6, 6.07) is 7.93. The quantitative estimate of drug-likeness (QED) is 0.729. The van der Waals surface area contributed by atoms with Crippen molar-refractivity contribution in [2.75, 3.05) is 32.8 Å². The van der Waals surface area contributed by atoms with Gasteiger partial charge in [-0.15, -0.1) is 36.2 Å². The molecule has 1 aromatic carbocycles. The number of aromatic nitrogens is 1. The summed E-state index contributed by atoms with van der Waals surface area (Å²) in [6.45, 7) is 8.51. The third kappa shape index (κ3) is 5.05. The maximum absolute atomic E-state index is 13.1. The van der Waals surface area contributed by atoms with Crippen LogP contribution in [0.3, 0.4) is 0 Å². The molecule has 2 aliphatic heterocycles. The van der Waals surface area contributed by atoms with Gasteiger partial charge in [0.05, 0.1) is 12.3 Å². The summed E-state index contributed by atoms with van der Waals surface area (Å²) in [5.41, 5.74) is 2.28. The van der Waals surface area contributed by atoms with Gasteiger partial charge in [0, 0.05) is 25.2 Å². The minimum absolute atomic E-state index is 0. The van der Waals surface area contributed by atoms with E-state index in [4.69, 9.17) is 4.74 Å². The predicted molar refractivity (Wildman–Crippen MR) is 123 cm³/mol. The number of piperidine rings is 1. The lowest BCUT2D eigenvalue weighted by molar-refractivity contribution is 0.0611. The molecule has 0 saturated carbocycles. The molecule has 160 valence electrons. The van der Waals surface area contributed by atoms with Crippen LogP contribution in [0, 0.1) is 12.3 Å². The van der Waals surface area contributed by atoms with E-state index in [1.165, 1.54) is 17.8 Å². The average molecular weight is 458 g/mol. The molecule has 0 bridgehead atoms. The summed E-state index contributed by atoms with van der Waals surface area (Å²) >= 11 is 1.50. The molecule has 8 heteroatoms. The smallest absolute Gasteiger partial charge is 0.265 e. The van der Waals surface area contributed by atoms with E-state index in [2.05, 4.69) is 10.3 Å². The lowest BCUT2D eigenvalue weighted by Gasteiger charge is -2.38. The van der Waals surface area contributed by atoms with Crippen molar-refractivity contribution in [1.29, 1.82) is 0 Å². The first kappa shape index (κ1) is 23.9. The first-order valence-corrected chi connectivity index (χ1v) is 10.6. The molecule has 3 heterocycles. The van der Waals surface area contributed by atoms with Crippen LogP contribution in [0.1, 0.15) is 41.6 Å². The number of hydrogen-bond donors (Lipinski definition) is 1. The highest BCUT2D eigenvalue weighted by Crippen LogP contribution is 2.38. The van der Waals surface area contributed by atoms with Crippen molar-refractivity contribution in [1.82, 2.24) is 15.2 Å². The van der Waals surface area contributed by atoms with Crippen LogP contribution in [0.25, 0.3) is 10.6 Å². The van der Waals surface area contributed by atoms with Gasteiger partial charge < -0.3 is 15.0 Å². The molecule has 1 spiro atoms. The highest BCUT2D eigenvalue weighted by atomic mass is 35.5. The predicted octanol–water partition coefficient (Wildman–Crippen LogP) is 4.58. The summed E-state index contributed by atoms with van der Waals surface area (Å²) < 4.78 is 5.50. The summed E-state index contributed by atoms with van der Waals surface area (Å²) in [7, 11) is 0. The normalized spacial score (nSPS) is 17.5. The number of nitrogens with zero attached hydrogens (tertiary/aromatic N) is 2. The van der Waals surface area contributed by atoms with Crippen molar-refractivity contribution in [3.05, 3.63) is 34.8 Å². The molecule has 1 amide bonds. The summed E-state index contributed by atoms with van der Waals surface area (Å²) in [5.74, 6) is 0.998. The lowest BCUT2D eigenvalue weighted by Crippen LogP contribution is -2.44. The number of amides is 1. The molecule has 2 fully saturated rings. The summed E-state index contributed by atoms with van der Waals surface area (Å²) in [4.78, 5) is 20.5. The largest absolute Gasteiger partial charge is 0.494 e. The number of rotatable bonds is 4. The van der Waals surface area contributed by atoms with Gasteiger partial charge in [-0.1, -0.05) is 0 Å². The highest BCUT2D eigenvalue weighted by molar-refractivity contribution is 7.17. The molecule has 5 nitrogen and oxygen atoms in total. The van der Waals surface area contributed by atoms with Crippen molar-refractivity contribution < 1.29 is 9.53 Å². The number of aryl methyl sites for hydroxylation is 1. The van der Waals surface area contributed by atoms with Crippen LogP contribution >= 0.6 is 36.2 Å². The molecule has 1 aromatic heterocycles. The van der Waals surface area contributed by atoms with Crippen molar-refractivity contribution in [3.63, 3.8) is 0 Å². The highest BCUT2D eigenvalue weighted by Gasteiger charge is 2.38. The Morgan fingerprint density at radius 1 is 1.21 bits per heavy atom. The molecular formula is C21H29Cl2N3O2S. The number of ether oxygens (including phenoxy) is 1. The molecule has 0 atom stereocenters. The second kappa shape index (κ2) is 10.1. The van der Waals surface area contributed by atoms with Crippen LogP contribution < -0.4 is 10.1 Å². The van der Waals surface area contributed by atoms with Gasteiger partial charge in [0.1, 0.15) is 15.6 Å². The van der Waals surface area contributed by atoms with Crippen molar-refractivity contribution in [2.24, 2.45) is 5.41 Å². The monoisotopic (exact) mass is 457 g/mol. The Hall–Kier alpha value is -1.34. The molecule has 0 aliphatic carbocycles. The third-order valence-electron chi connectivity index (χ3n) is 5.85. The van der Waals surface area contributed by atoms with Crippen LogP contribution in [0.4, 0.5) is 0 Å². The van der Waals surface area contributed by atoms with Gasteiger partial charge in [0.15, 0.2) is 0 Å². The first-order chi connectivity index (χ1) is 13.1. The molecule has 4 rings (SSSR count). The van der Waals surface area contributed by atoms with E-state index in [1.807, 2.05) is 43.0 Å². The maximum atomic E-state index is 13.1. The third-order valence-corrected chi connectivity index (χ3v) is 7.04. The second-order valence-corrected chi connectivity index (χ2v) is 8.61. The van der Waals surface area contributed by atoms with Crippen molar-refractivity contribution >= 4 is 42.1 Å². The van der Waals surface area contributed by atoms with E-state index in [0.29, 0.717) is 12.0 Å². The standard InChI is InChI=1S/C21H27N3O2S.2ClH/c1-3-26-17-6-4-16(5-7-17)19-23-15(2)18(27-19)20(25)24-12-9-21(10-13-24)8-11-22-14-21;;/h4-7,22H,3,8-14H2,1-2H3;2*1H. The van der Waals surface area contributed by atoms with Gasteiger partial charge in [-0.3, -0.25) is 4.79 Å².